The second-order valence-electron chi connectivity index (χ2n) is 4.67. The predicted octanol–water partition coefficient (Wildman–Crippen LogP) is 1.41. The number of benzene rings is 1. The Morgan fingerprint density at radius 1 is 1.30 bits per heavy atom. The van der Waals surface area contributed by atoms with E-state index < -0.39 is 10.0 Å². The molecule has 6 heteroatoms. The van der Waals surface area contributed by atoms with Gasteiger partial charge >= 0.3 is 0 Å². The zero-order valence-electron chi connectivity index (χ0n) is 12.3. The van der Waals surface area contributed by atoms with Crippen LogP contribution in [0.4, 0.5) is 0 Å². The molecule has 0 spiro atoms. The van der Waals surface area contributed by atoms with Crippen molar-refractivity contribution in [1.29, 1.82) is 0 Å². The molecular weight excluding hydrogens is 276 g/mol. The Morgan fingerprint density at radius 2 is 2.00 bits per heavy atom. The van der Waals surface area contributed by atoms with Gasteiger partial charge in [0.25, 0.3) is 0 Å². The average molecular weight is 300 g/mol. The summed E-state index contributed by atoms with van der Waals surface area (Å²) in [4.78, 5) is 0.254. The minimum atomic E-state index is -3.54. The monoisotopic (exact) mass is 300 g/mol. The first kappa shape index (κ1) is 17.1. The lowest BCUT2D eigenvalue weighted by molar-refractivity contribution is 0.173. The maximum Gasteiger partial charge on any atom is 0.240 e. The molecule has 0 bridgehead atoms. The van der Waals surface area contributed by atoms with Gasteiger partial charge in [0.2, 0.25) is 10.0 Å². The van der Waals surface area contributed by atoms with Crippen LogP contribution in [0.15, 0.2) is 23.1 Å². The fourth-order valence-electron chi connectivity index (χ4n) is 2.03. The first-order valence-electron chi connectivity index (χ1n) is 6.81. The summed E-state index contributed by atoms with van der Waals surface area (Å²) in [6, 6.07) is 4.88. The summed E-state index contributed by atoms with van der Waals surface area (Å²) in [6.07, 6.45) is 1.51. The van der Waals surface area contributed by atoms with Crippen molar-refractivity contribution in [3.05, 3.63) is 29.3 Å². The van der Waals surface area contributed by atoms with E-state index >= 15 is 0 Å². The quantitative estimate of drug-likeness (QED) is 0.760. The van der Waals surface area contributed by atoms with Gasteiger partial charge in [-0.05, 0) is 36.1 Å². The normalized spacial score (nSPS) is 13.4. The minimum Gasteiger partial charge on any atom is -0.383 e. The third-order valence-electron chi connectivity index (χ3n) is 3.27. The third-order valence-corrected chi connectivity index (χ3v) is 4.79. The lowest BCUT2D eigenvalue weighted by atomic mass is 10.1. The highest BCUT2D eigenvalue weighted by Gasteiger charge is 2.19. The topological polar surface area (TPSA) is 81.4 Å². The molecule has 3 N–H and O–H groups in total. The molecule has 1 aromatic rings. The number of nitrogens with one attached hydrogen (secondary N) is 1. The molecule has 0 radical (unpaired) electrons. The molecule has 0 fully saturated rings. The molecule has 114 valence electrons. The highest BCUT2D eigenvalue weighted by Crippen LogP contribution is 2.17. The lowest BCUT2D eigenvalue weighted by Gasteiger charge is -2.17. The Hall–Kier alpha value is -0.950. The maximum atomic E-state index is 12.3. The number of sulfonamides is 1. The molecule has 0 amide bonds. The average Bonchev–Trinajstić information content (AvgIpc) is 2.45. The van der Waals surface area contributed by atoms with E-state index in [2.05, 4.69) is 4.72 Å². The van der Waals surface area contributed by atoms with Gasteiger partial charge in [-0.3, -0.25) is 0 Å². The van der Waals surface area contributed by atoms with E-state index in [4.69, 9.17) is 10.5 Å². The van der Waals surface area contributed by atoms with E-state index in [0.717, 1.165) is 17.5 Å². The van der Waals surface area contributed by atoms with Crippen molar-refractivity contribution < 1.29 is 13.2 Å². The lowest BCUT2D eigenvalue weighted by Crippen LogP contribution is -2.37. The number of hydrogen-bond acceptors (Lipinski definition) is 4. The number of hydrogen-bond donors (Lipinski definition) is 2. The number of ether oxygens (including phenoxy) is 1. The summed E-state index contributed by atoms with van der Waals surface area (Å²) < 4.78 is 32.3. The fourth-order valence-corrected chi connectivity index (χ4v) is 3.38. The Balaban J connectivity index is 3.03. The molecule has 1 atom stereocenters. The highest BCUT2D eigenvalue weighted by molar-refractivity contribution is 7.89. The van der Waals surface area contributed by atoms with Gasteiger partial charge < -0.3 is 10.5 Å². The molecule has 0 aliphatic heterocycles. The summed E-state index contributed by atoms with van der Waals surface area (Å²) in [5, 5.41) is 0. The van der Waals surface area contributed by atoms with Crippen LogP contribution >= 0.6 is 0 Å². The molecule has 1 unspecified atom stereocenters. The van der Waals surface area contributed by atoms with Crippen LogP contribution in [0.1, 0.15) is 31.4 Å². The van der Waals surface area contributed by atoms with Gasteiger partial charge in [0.15, 0.2) is 0 Å². The predicted molar refractivity (Wildman–Crippen MR) is 80.0 cm³/mol. The van der Waals surface area contributed by atoms with Gasteiger partial charge in [0.05, 0.1) is 11.5 Å². The van der Waals surface area contributed by atoms with Crippen molar-refractivity contribution in [2.24, 2.45) is 5.73 Å². The van der Waals surface area contributed by atoms with Crippen LogP contribution in [-0.4, -0.2) is 28.2 Å². The van der Waals surface area contributed by atoms with E-state index in [1.54, 1.807) is 19.2 Å². The molecule has 0 saturated heterocycles. The number of rotatable bonds is 8. The van der Waals surface area contributed by atoms with Crippen molar-refractivity contribution in [3.8, 4) is 0 Å². The summed E-state index contributed by atoms with van der Waals surface area (Å²) >= 11 is 0. The maximum absolute atomic E-state index is 12.3. The van der Waals surface area contributed by atoms with Crippen molar-refractivity contribution >= 4 is 10.0 Å². The van der Waals surface area contributed by atoms with Crippen LogP contribution in [0, 0.1) is 0 Å². The first-order chi connectivity index (χ1) is 9.48. The second-order valence-corrected chi connectivity index (χ2v) is 6.38. The van der Waals surface area contributed by atoms with Crippen LogP contribution in [0.2, 0.25) is 0 Å². The van der Waals surface area contributed by atoms with Crippen LogP contribution in [0.3, 0.4) is 0 Å². The summed E-state index contributed by atoms with van der Waals surface area (Å²) in [6.45, 7) is 4.62. The van der Waals surface area contributed by atoms with Crippen molar-refractivity contribution in [1.82, 2.24) is 4.72 Å². The SMILES string of the molecule is CCc1ccc(S(=O)(=O)NC(CC)COC)cc1CN. The Labute approximate surface area is 121 Å². The Kier molecular flexibility index (Phi) is 6.61. The first-order valence-corrected chi connectivity index (χ1v) is 8.29. The van der Waals surface area contributed by atoms with Crippen LogP contribution in [-0.2, 0) is 27.7 Å². The number of aryl methyl sites for hydroxylation is 1. The van der Waals surface area contributed by atoms with Gasteiger partial charge in [0, 0.05) is 19.7 Å². The molecule has 20 heavy (non-hydrogen) atoms. The molecular formula is C14H24N2O3S. The zero-order chi connectivity index (χ0) is 15.2. The van der Waals surface area contributed by atoms with E-state index in [1.165, 1.54) is 0 Å². The molecule has 0 saturated carbocycles. The standard InChI is InChI=1S/C14H24N2O3S/c1-4-11-6-7-14(8-12(11)9-15)20(17,18)16-13(5-2)10-19-3/h6-8,13,16H,4-5,9-10,15H2,1-3H3. The van der Waals surface area contributed by atoms with Crippen LogP contribution in [0.25, 0.3) is 0 Å². The fraction of sp³-hybridized carbons (Fsp3) is 0.571. The van der Waals surface area contributed by atoms with Gasteiger partial charge in [0.1, 0.15) is 0 Å². The second kappa shape index (κ2) is 7.73. The molecule has 1 aromatic carbocycles. The van der Waals surface area contributed by atoms with Crippen LogP contribution in [0.5, 0.6) is 0 Å². The third kappa shape index (κ3) is 4.28. The molecule has 5 nitrogen and oxygen atoms in total. The Morgan fingerprint density at radius 3 is 2.50 bits per heavy atom. The molecule has 1 rings (SSSR count). The van der Waals surface area contributed by atoms with Gasteiger partial charge in [-0.15, -0.1) is 0 Å². The highest BCUT2D eigenvalue weighted by atomic mass is 32.2. The minimum absolute atomic E-state index is 0.225. The summed E-state index contributed by atoms with van der Waals surface area (Å²) in [7, 11) is -1.98. The van der Waals surface area contributed by atoms with E-state index in [1.807, 2.05) is 19.9 Å². The van der Waals surface area contributed by atoms with Crippen molar-refractivity contribution in [3.63, 3.8) is 0 Å². The number of methoxy groups -OCH3 is 1. The largest absolute Gasteiger partial charge is 0.383 e. The molecule has 0 aliphatic carbocycles. The summed E-state index contributed by atoms with van der Waals surface area (Å²) in [5.41, 5.74) is 7.63. The Bertz CT molecular complexity index is 529. The molecule has 0 aliphatic rings. The van der Waals surface area contributed by atoms with Crippen molar-refractivity contribution in [2.75, 3.05) is 13.7 Å². The molecule has 0 heterocycles. The van der Waals surface area contributed by atoms with Crippen LogP contribution < -0.4 is 10.5 Å². The summed E-state index contributed by atoms with van der Waals surface area (Å²) in [5.74, 6) is 0. The van der Waals surface area contributed by atoms with E-state index in [9.17, 15) is 8.42 Å². The van der Waals surface area contributed by atoms with Gasteiger partial charge in [-0.25, -0.2) is 13.1 Å². The number of nitrogens with two attached hydrogens (primary N) is 1. The zero-order valence-corrected chi connectivity index (χ0v) is 13.2. The van der Waals surface area contributed by atoms with E-state index in [0.29, 0.717) is 19.6 Å². The molecule has 0 aromatic heterocycles. The van der Waals surface area contributed by atoms with Gasteiger partial charge in [-0.1, -0.05) is 19.9 Å². The van der Waals surface area contributed by atoms with Crippen molar-refractivity contribution in [2.45, 2.75) is 44.2 Å². The van der Waals surface area contributed by atoms with E-state index in [-0.39, 0.29) is 10.9 Å². The smallest absolute Gasteiger partial charge is 0.240 e. The van der Waals surface area contributed by atoms with Gasteiger partial charge in [-0.2, -0.15) is 0 Å².